The van der Waals surface area contributed by atoms with Gasteiger partial charge in [0, 0.05) is 5.56 Å². The highest BCUT2D eigenvalue weighted by atomic mass is 16.5. The van der Waals surface area contributed by atoms with Crippen molar-refractivity contribution >= 4 is 18.0 Å². The fourth-order valence-electron chi connectivity index (χ4n) is 2.66. The Labute approximate surface area is 175 Å². The molecule has 2 amide bonds. The van der Waals surface area contributed by atoms with E-state index in [2.05, 4.69) is 15.8 Å². The number of amides is 2. The molecule has 3 aromatic carbocycles. The molecule has 0 saturated heterocycles. The van der Waals surface area contributed by atoms with Gasteiger partial charge in [0.1, 0.15) is 12.4 Å². The molecule has 0 unspecified atom stereocenters. The number of hydrogen-bond acceptors (Lipinski definition) is 4. The second-order valence-electron chi connectivity index (χ2n) is 6.69. The highest BCUT2D eigenvalue weighted by Gasteiger charge is 2.07. The molecule has 0 aliphatic heterocycles. The number of aryl methyl sites for hydroxylation is 1. The fraction of sp³-hybridized carbons (Fsp3) is 0.125. The number of carbonyl (C=O) groups is 2. The van der Waals surface area contributed by atoms with Gasteiger partial charge in [0.15, 0.2) is 0 Å². The monoisotopic (exact) mass is 401 g/mol. The van der Waals surface area contributed by atoms with Crippen LogP contribution in [0.1, 0.15) is 27.0 Å². The summed E-state index contributed by atoms with van der Waals surface area (Å²) in [6, 6.07) is 24.5. The molecule has 3 aromatic rings. The van der Waals surface area contributed by atoms with Crippen LogP contribution in [0.3, 0.4) is 0 Å². The quantitative estimate of drug-likeness (QED) is 0.448. The van der Waals surface area contributed by atoms with Crippen LogP contribution in [0.2, 0.25) is 0 Å². The molecule has 0 fully saturated rings. The van der Waals surface area contributed by atoms with Gasteiger partial charge in [-0.3, -0.25) is 9.59 Å². The minimum atomic E-state index is -0.407. The number of benzene rings is 3. The average Bonchev–Trinajstić information content (AvgIpc) is 2.77. The van der Waals surface area contributed by atoms with Crippen molar-refractivity contribution in [2.75, 3.05) is 6.54 Å². The highest BCUT2D eigenvalue weighted by molar-refractivity contribution is 5.96. The molecular weight excluding hydrogens is 378 g/mol. The summed E-state index contributed by atoms with van der Waals surface area (Å²) in [6.45, 7) is 2.25. The third-order valence-corrected chi connectivity index (χ3v) is 4.22. The van der Waals surface area contributed by atoms with E-state index in [-0.39, 0.29) is 12.5 Å². The molecule has 6 heteroatoms. The average molecular weight is 401 g/mol. The lowest BCUT2D eigenvalue weighted by atomic mass is 10.1. The summed E-state index contributed by atoms with van der Waals surface area (Å²) in [5, 5.41) is 6.48. The molecular formula is C24H23N3O3. The molecule has 3 rings (SSSR count). The Morgan fingerprint density at radius 2 is 1.73 bits per heavy atom. The summed E-state index contributed by atoms with van der Waals surface area (Å²) < 4.78 is 5.73. The van der Waals surface area contributed by atoms with E-state index in [4.69, 9.17) is 4.74 Å². The molecule has 0 radical (unpaired) electrons. The molecule has 0 aliphatic carbocycles. The smallest absolute Gasteiger partial charge is 0.259 e. The van der Waals surface area contributed by atoms with Crippen molar-refractivity contribution in [2.45, 2.75) is 13.5 Å². The number of nitrogens with one attached hydrogen (secondary N) is 2. The van der Waals surface area contributed by atoms with Gasteiger partial charge < -0.3 is 10.1 Å². The maximum Gasteiger partial charge on any atom is 0.259 e. The van der Waals surface area contributed by atoms with Crippen molar-refractivity contribution in [3.63, 3.8) is 0 Å². The van der Waals surface area contributed by atoms with Crippen molar-refractivity contribution in [3.05, 3.63) is 101 Å². The number of rotatable bonds is 8. The predicted octanol–water partition coefficient (Wildman–Crippen LogP) is 3.45. The first-order chi connectivity index (χ1) is 14.6. The lowest BCUT2D eigenvalue weighted by Gasteiger charge is -2.06. The summed E-state index contributed by atoms with van der Waals surface area (Å²) in [6.07, 6.45) is 1.53. The zero-order valence-corrected chi connectivity index (χ0v) is 16.7. The topological polar surface area (TPSA) is 79.8 Å². The number of ether oxygens (including phenoxy) is 1. The van der Waals surface area contributed by atoms with Crippen LogP contribution in [0.5, 0.6) is 5.75 Å². The van der Waals surface area contributed by atoms with Gasteiger partial charge in [-0.1, -0.05) is 48.0 Å². The van der Waals surface area contributed by atoms with Gasteiger partial charge in [-0.2, -0.15) is 5.10 Å². The Morgan fingerprint density at radius 3 is 2.47 bits per heavy atom. The molecule has 0 saturated carbocycles. The molecule has 0 heterocycles. The van der Waals surface area contributed by atoms with E-state index in [1.54, 1.807) is 18.2 Å². The first kappa shape index (κ1) is 20.8. The van der Waals surface area contributed by atoms with Crippen LogP contribution in [0.15, 0.2) is 84.0 Å². The minimum Gasteiger partial charge on any atom is -0.489 e. The summed E-state index contributed by atoms with van der Waals surface area (Å²) in [5.41, 5.74) is 5.80. The van der Waals surface area contributed by atoms with Gasteiger partial charge in [-0.25, -0.2) is 5.43 Å². The molecule has 152 valence electrons. The van der Waals surface area contributed by atoms with Crippen LogP contribution in [-0.2, 0) is 11.4 Å². The van der Waals surface area contributed by atoms with E-state index in [0.29, 0.717) is 12.2 Å². The maximum atomic E-state index is 12.0. The SMILES string of the molecule is Cc1cccc(C(=O)NCC(=O)N/N=C/c2ccc(OCc3ccccc3)cc2)c1. The summed E-state index contributed by atoms with van der Waals surface area (Å²) >= 11 is 0. The standard InChI is InChI=1S/C24H23N3O3/c1-18-6-5-9-21(14-18)24(29)25-16-23(28)27-26-15-19-10-12-22(13-11-19)30-17-20-7-3-2-4-8-20/h2-15H,16-17H2,1H3,(H,25,29)(H,27,28)/b26-15+. The van der Waals surface area contributed by atoms with Crippen LogP contribution >= 0.6 is 0 Å². The van der Waals surface area contributed by atoms with Gasteiger partial charge in [0.2, 0.25) is 0 Å². The molecule has 6 nitrogen and oxygen atoms in total. The van der Waals surface area contributed by atoms with E-state index < -0.39 is 5.91 Å². The molecule has 0 aliphatic rings. The van der Waals surface area contributed by atoms with Crippen LogP contribution in [-0.4, -0.2) is 24.6 Å². The normalized spacial score (nSPS) is 10.6. The Bertz CT molecular complexity index is 1020. The molecule has 30 heavy (non-hydrogen) atoms. The number of carbonyl (C=O) groups excluding carboxylic acids is 2. The van der Waals surface area contributed by atoms with Gasteiger partial charge in [0.05, 0.1) is 12.8 Å². The van der Waals surface area contributed by atoms with Gasteiger partial charge in [0.25, 0.3) is 11.8 Å². The van der Waals surface area contributed by atoms with Crippen LogP contribution < -0.4 is 15.5 Å². The van der Waals surface area contributed by atoms with Crippen molar-refractivity contribution < 1.29 is 14.3 Å². The number of hydrogen-bond donors (Lipinski definition) is 2. The van der Waals surface area contributed by atoms with Crippen LogP contribution in [0.4, 0.5) is 0 Å². The largest absolute Gasteiger partial charge is 0.489 e. The third-order valence-electron chi connectivity index (χ3n) is 4.22. The van der Waals surface area contributed by atoms with Crippen molar-refractivity contribution in [3.8, 4) is 5.75 Å². The fourth-order valence-corrected chi connectivity index (χ4v) is 2.66. The van der Waals surface area contributed by atoms with E-state index in [1.165, 1.54) is 6.21 Å². The maximum absolute atomic E-state index is 12.0. The summed E-state index contributed by atoms with van der Waals surface area (Å²) in [4.78, 5) is 23.9. The third kappa shape index (κ3) is 6.60. The van der Waals surface area contributed by atoms with E-state index in [0.717, 1.165) is 22.4 Å². The van der Waals surface area contributed by atoms with Crippen molar-refractivity contribution in [2.24, 2.45) is 5.10 Å². The molecule has 0 aromatic heterocycles. The number of nitrogens with zero attached hydrogens (tertiary/aromatic N) is 1. The lowest BCUT2D eigenvalue weighted by molar-refractivity contribution is -0.120. The van der Waals surface area contributed by atoms with Gasteiger partial charge in [-0.15, -0.1) is 0 Å². The Balaban J connectivity index is 1.41. The second kappa shape index (κ2) is 10.6. The lowest BCUT2D eigenvalue weighted by Crippen LogP contribution is -2.34. The second-order valence-corrected chi connectivity index (χ2v) is 6.69. The van der Waals surface area contributed by atoms with E-state index in [9.17, 15) is 9.59 Å². The summed E-state index contributed by atoms with van der Waals surface area (Å²) in [7, 11) is 0. The highest BCUT2D eigenvalue weighted by Crippen LogP contribution is 2.13. The zero-order chi connectivity index (χ0) is 21.2. The van der Waals surface area contributed by atoms with Gasteiger partial charge in [-0.05, 0) is 54.4 Å². The zero-order valence-electron chi connectivity index (χ0n) is 16.7. The van der Waals surface area contributed by atoms with E-state index in [1.807, 2.05) is 67.6 Å². The van der Waals surface area contributed by atoms with Gasteiger partial charge >= 0.3 is 0 Å². The Hall–Kier alpha value is -3.93. The van der Waals surface area contributed by atoms with Crippen LogP contribution in [0, 0.1) is 6.92 Å². The molecule has 0 bridgehead atoms. The van der Waals surface area contributed by atoms with Crippen molar-refractivity contribution in [1.29, 1.82) is 0 Å². The first-order valence-electron chi connectivity index (χ1n) is 9.54. The number of hydrazone groups is 1. The molecule has 0 atom stereocenters. The first-order valence-corrected chi connectivity index (χ1v) is 9.54. The molecule has 0 spiro atoms. The predicted molar refractivity (Wildman–Crippen MR) is 116 cm³/mol. The van der Waals surface area contributed by atoms with Crippen molar-refractivity contribution in [1.82, 2.24) is 10.7 Å². The Morgan fingerprint density at radius 1 is 0.967 bits per heavy atom. The summed E-state index contributed by atoms with van der Waals surface area (Å²) in [5.74, 6) is 0.0397. The van der Waals surface area contributed by atoms with E-state index >= 15 is 0 Å². The van der Waals surface area contributed by atoms with Crippen LogP contribution in [0.25, 0.3) is 0 Å². The molecule has 2 N–H and O–H groups in total. The minimum absolute atomic E-state index is 0.156. The Kier molecular flexibility index (Phi) is 7.33.